The first-order valence-corrected chi connectivity index (χ1v) is 5.88. The molecule has 0 saturated heterocycles. The maximum Gasteiger partial charge on any atom is 0.319 e. The van der Waals surface area contributed by atoms with Crippen molar-refractivity contribution in [2.45, 2.75) is 39.3 Å². The minimum absolute atomic E-state index is 0.148. The van der Waals surface area contributed by atoms with Crippen LogP contribution in [-0.4, -0.2) is 17.2 Å². The Balaban J connectivity index is 2.62. The second-order valence-electron chi connectivity index (χ2n) is 4.21. The molecule has 3 N–H and O–H groups in total. The third-order valence-corrected chi connectivity index (χ3v) is 2.62. The summed E-state index contributed by atoms with van der Waals surface area (Å²) in [4.78, 5) is 11.6. The van der Waals surface area contributed by atoms with Crippen molar-refractivity contribution < 1.29 is 9.90 Å². The number of hydrogen-bond donors (Lipinski definition) is 3. The highest BCUT2D eigenvalue weighted by atomic mass is 16.3. The largest absolute Gasteiger partial charge is 0.389 e. The number of amides is 2. The number of aliphatic hydroxyl groups is 1. The van der Waals surface area contributed by atoms with Crippen LogP contribution in [0.2, 0.25) is 0 Å². The Bertz CT molecular complexity index is 377. The maximum atomic E-state index is 11.6. The third kappa shape index (κ3) is 4.44. The van der Waals surface area contributed by atoms with Crippen molar-refractivity contribution in [3.8, 4) is 0 Å². The van der Waals surface area contributed by atoms with Crippen LogP contribution in [0.25, 0.3) is 0 Å². The summed E-state index contributed by atoms with van der Waals surface area (Å²) in [5.41, 5.74) is 1.47. The molecule has 0 aliphatic heterocycles. The highest BCUT2D eigenvalue weighted by Gasteiger charge is 2.06. The fourth-order valence-electron chi connectivity index (χ4n) is 1.37. The van der Waals surface area contributed by atoms with Gasteiger partial charge in [0.05, 0.1) is 6.10 Å². The van der Waals surface area contributed by atoms with Gasteiger partial charge in [-0.1, -0.05) is 19.1 Å². The monoisotopic (exact) mass is 236 g/mol. The van der Waals surface area contributed by atoms with E-state index in [0.29, 0.717) is 5.69 Å². The third-order valence-electron chi connectivity index (χ3n) is 2.62. The van der Waals surface area contributed by atoms with Gasteiger partial charge < -0.3 is 15.7 Å². The van der Waals surface area contributed by atoms with Crippen LogP contribution in [0, 0.1) is 0 Å². The number of aliphatic hydroxyl groups excluding tert-OH is 1. The van der Waals surface area contributed by atoms with Gasteiger partial charge >= 0.3 is 6.03 Å². The predicted octanol–water partition coefficient (Wildman–Crippen LogP) is 2.66. The molecule has 4 nitrogen and oxygen atoms in total. The normalized spacial score (nSPS) is 13.9. The van der Waals surface area contributed by atoms with E-state index in [2.05, 4.69) is 10.6 Å². The summed E-state index contributed by atoms with van der Waals surface area (Å²) < 4.78 is 0. The molecule has 0 bridgehead atoms. The molecule has 0 heterocycles. The molecular formula is C13H20N2O2. The second kappa shape index (κ2) is 6.25. The molecule has 2 atom stereocenters. The molecule has 2 amide bonds. The van der Waals surface area contributed by atoms with Gasteiger partial charge in [-0.15, -0.1) is 0 Å². The molecule has 0 fully saturated rings. The molecule has 4 heteroatoms. The van der Waals surface area contributed by atoms with Crippen molar-refractivity contribution in [2.24, 2.45) is 0 Å². The average molecular weight is 236 g/mol. The Morgan fingerprint density at radius 1 is 1.41 bits per heavy atom. The summed E-state index contributed by atoms with van der Waals surface area (Å²) in [7, 11) is 0. The highest BCUT2D eigenvalue weighted by Crippen LogP contribution is 2.16. The zero-order valence-electron chi connectivity index (χ0n) is 10.5. The molecule has 17 heavy (non-hydrogen) atoms. The van der Waals surface area contributed by atoms with Crippen molar-refractivity contribution in [3.05, 3.63) is 29.8 Å². The molecule has 0 aliphatic carbocycles. The van der Waals surface area contributed by atoms with E-state index in [0.717, 1.165) is 12.0 Å². The van der Waals surface area contributed by atoms with Crippen LogP contribution in [0.1, 0.15) is 38.9 Å². The Morgan fingerprint density at radius 3 is 2.71 bits per heavy atom. The molecular weight excluding hydrogens is 216 g/mol. The number of benzene rings is 1. The number of rotatable bonds is 4. The van der Waals surface area contributed by atoms with Gasteiger partial charge in [-0.2, -0.15) is 0 Å². The number of carbonyl (C=O) groups is 1. The molecule has 0 spiro atoms. The molecule has 0 aliphatic rings. The Kier molecular flexibility index (Phi) is 4.97. The summed E-state index contributed by atoms with van der Waals surface area (Å²) in [5.74, 6) is 0. The summed E-state index contributed by atoms with van der Waals surface area (Å²) in [6.07, 6.45) is 0.357. The highest BCUT2D eigenvalue weighted by molar-refractivity contribution is 5.89. The van der Waals surface area contributed by atoms with E-state index in [1.165, 1.54) is 0 Å². The first kappa shape index (κ1) is 13.5. The molecule has 94 valence electrons. The quantitative estimate of drug-likeness (QED) is 0.752. The standard InChI is InChI=1S/C13H20N2O2/c1-4-9(2)14-13(17)15-12-7-5-6-11(8-12)10(3)16/h5-10,16H,4H2,1-3H3,(H2,14,15,17). The van der Waals surface area contributed by atoms with E-state index in [1.54, 1.807) is 25.1 Å². The first-order chi connectivity index (χ1) is 8.02. The summed E-state index contributed by atoms with van der Waals surface area (Å²) in [5, 5.41) is 15.0. The van der Waals surface area contributed by atoms with Gasteiger partial charge in [0.25, 0.3) is 0 Å². The topological polar surface area (TPSA) is 61.4 Å². The van der Waals surface area contributed by atoms with Crippen LogP contribution in [0.15, 0.2) is 24.3 Å². The molecule has 0 saturated carbocycles. The van der Waals surface area contributed by atoms with E-state index in [-0.39, 0.29) is 12.1 Å². The van der Waals surface area contributed by atoms with Crippen LogP contribution in [0.3, 0.4) is 0 Å². The van der Waals surface area contributed by atoms with Gasteiger partial charge in [-0.3, -0.25) is 0 Å². The van der Waals surface area contributed by atoms with Crippen LogP contribution in [-0.2, 0) is 0 Å². The minimum Gasteiger partial charge on any atom is -0.389 e. The average Bonchev–Trinajstić information content (AvgIpc) is 2.28. The zero-order valence-corrected chi connectivity index (χ0v) is 10.5. The fourth-order valence-corrected chi connectivity index (χ4v) is 1.37. The van der Waals surface area contributed by atoms with E-state index in [4.69, 9.17) is 0 Å². The smallest absolute Gasteiger partial charge is 0.319 e. The van der Waals surface area contributed by atoms with Gasteiger partial charge in [0.15, 0.2) is 0 Å². The number of anilines is 1. The Hall–Kier alpha value is -1.55. The number of urea groups is 1. The second-order valence-corrected chi connectivity index (χ2v) is 4.21. The van der Waals surface area contributed by atoms with Gasteiger partial charge in [0.2, 0.25) is 0 Å². The number of nitrogens with one attached hydrogen (secondary N) is 2. The molecule has 0 radical (unpaired) electrons. The lowest BCUT2D eigenvalue weighted by Crippen LogP contribution is -2.35. The molecule has 1 aromatic rings. The summed E-state index contributed by atoms with van der Waals surface area (Å²) >= 11 is 0. The minimum atomic E-state index is -0.533. The van der Waals surface area contributed by atoms with Crippen LogP contribution >= 0.6 is 0 Å². The first-order valence-electron chi connectivity index (χ1n) is 5.88. The van der Waals surface area contributed by atoms with Gasteiger partial charge in [0, 0.05) is 11.7 Å². The van der Waals surface area contributed by atoms with Crippen molar-refractivity contribution >= 4 is 11.7 Å². The van der Waals surface area contributed by atoms with E-state index in [9.17, 15) is 9.90 Å². The van der Waals surface area contributed by atoms with Crippen molar-refractivity contribution in [1.82, 2.24) is 5.32 Å². The van der Waals surface area contributed by atoms with Gasteiger partial charge in [-0.05, 0) is 38.0 Å². The fraction of sp³-hybridized carbons (Fsp3) is 0.462. The molecule has 1 aromatic carbocycles. The van der Waals surface area contributed by atoms with Crippen molar-refractivity contribution in [3.63, 3.8) is 0 Å². The zero-order chi connectivity index (χ0) is 12.8. The Morgan fingerprint density at radius 2 is 2.12 bits per heavy atom. The van der Waals surface area contributed by atoms with Crippen LogP contribution in [0.5, 0.6) is 0 Å². The lowest BCUT2D eigenvalue weighted by atomic mass is 10.1. The van der Waals surface area contributed by atoms with E-state index in [1.807, 2.05) is 19.9 Å². The van der Waals surface area contributed by atoms with E-state index < -0.39 is 6.10 Å². The van der Waals surface area contributed by atoms with Gasteiger partial charge in [0.1, 0.15) is 0 Å². The lowest BCUT2D eigenvalue weighted by molar-refractivity contribution is 0.199. The van der Waals surface area contributed by atoms with Crippen LogP contribution in [0.4, 0.5) is 10.5 Å². The summed E-state index contributed by atoms with van der Waals surface area (Å²) in [6, 6.07) is 7.11. The van der Waals surface area contributed by atoms with Crippen LogP contribution < -0.4 is 10.6 Å². The summed E-state index contributed by atoms with van der Waals surface area (Å²) in [6.45, 7) is 5.66. The molecule has 1 rings (SSSR count). The molecule has 2 unspecified atom stereocenters. The maximum absolute atomic E-state index is 11.6. The lowest BCUT2D eigenvalue weighted by Gasteiger charge is -2.13. The van der Waals surface area contributed by atoms with Crippen molar-refractivity contribution in [2.75, 3.05) is 5.32 Å². The number of hydrogen-bond acceptors (Lipinski definition) is 2. The predicted molar refractivity (Wildman–Crippen MR) is 69.0 cm³/mol. The Labute approximate surface area is 102 Å². The van der Waals surface area contributed by atoms with Crippen molar-refractivity contribution in [1.29, 1.82) is 0 Å². The SMILES string of the molecule is CCC(C)NC(=O)Nc1cccc(C(C)O)c1. The molecule has 0 aromatic heterocycles. The van der Waals surface area contributed by atoms with Gasteiger partial charge in [-0.25, -0.2) is 4.79 Å². The number of carbonyl (C=O) groups excluding carboxylic acids is 1. The van der Waals surface area contributed by atoms with E-state index >= 15 is 0 Å².